The van der Waals surface area contributed by atoms with Gasteiger partial charge in [-0.15, -0.1) is 0 Å². The molecule has 12 heavy (non-hydrogen) atoms. The minimum absolute atomic E-state index is 0. The van der Waals surface area contributed by atoms with Gasteiger partial charge in [0.05, 0.1) is 5.60 Å². The molecule has 1 unspecified atom stereocenters. The Kier molecular flexibility index (Phi) is 8.69. The van der Waals surface area contributed by atoms with Gasteiger partial charge in [0, 0.05) is 38.1 Å². The van der Waals surface area contributed by atoms with Crippen molar-refractivity contribution >= 4 is 5.71 Å². The molecule has 0 aromatic rings. The maximum atomic E-state index is 9.78. The normalized spacial score (nSPS) is 16.6. The SMILES string of the molecule is CCCC(C)(O)C(C)=NCC.[Sc]. The molecule has 0 rings (SSSR count). The van der Waals surface area contributed by atoms with E-state index in [1.807, 2.05) is 20.8 Å². The van der Waals surface area contributed by atoms with E-state index in [0.717, 1.165) is 25.1 Å². The van der Waals surface area contributed by atoms with Gasteiger partial charge in [-0.25, -0.2) is 0 Å². The molecule has 0 spiro atoms. The Bertz CT molecular complexity index is 143. The summed E-state index contributed by atoms with van der Waals surface area (Å²) in [5, 5.41) is 9.78. The van der Waals surface area contributed by atoms with Gasteiger partial charge < -0.3 is 5.11 Å². The smallest absolute Gasteiger partial charge is 0.0991 e. The van der Waals surface area contributed by atoms with Gasteiger partial charge in [-0.1, -0.05) is 13.3 Å². The molecule has 0 amide bonds. The van der Waals surface area contributed by atoms with E-state index >= 15 is 0 Å². The van der Waals surface area contributed by atoms with Crippen LogP contribution in [-0.2, 0) is 25.8 Å². The van der Waals surface area contributed by atoms with E-state index in [1.165, 1.54) is 0 Å². The van der Waals surface area contributed by atoms with E-state index in [4.69, 9.17) is 0 Å². The first kappa shape index (κ1) is 15.0. The van der Waals surface area contributed by atoms with E-state index < -0.39 is 5.60 Å². The predicted molar refractivity (Wildman–Crippen MR) is 49.2 cm³/mol. The van der Waals surface area contributed by atoms with Crippen molar-refractivity contribution in [1.82, 2.24) is 0 Å². The Morgan fingerprint density at radius 3 is 2.25 bits per heavy atom. The average Bonchev–Trinajstić information content (AvgIpc) is 1.88. The third-order valence-corrected chi connectivity index (χ3v) is 1.91. The van der Waals surface area contributed by atoms with Crippen LogP contribution in [0.1, 0.15) is 40.5 Å². The van der Waals surface area contributed by atoms with Crippen LogP contribution >= 0.6 is 0 Å². The number of aliphatic imine (C=N–C) groups is 1. The van der Waals surface area contributed by atoms with Gasteiger partial charge in [-0.3, -0.25) is 4.99 Å². The van der Waals surface area contributed by atoms with E-state index in [9.17, 15) is 5.11 Å². The fourth-order valence-corrected chi connectivity index (χ4v) is 1.08. The summed E-state index contributed by atoms with van der Waals surface area (Å²) in [5.41, 5.74) is 0.159. The molecule has 69 valence electrons. The molecule has 1 atom stereocenters. The third kappa shape index (κ3) is 5.20. The number of nitrogens with zero attached hydrogens (tertiary/aromatic N) is 1. The predicted octanol–water partition coefficient (Wildman–Crippen LogP) is 2.02. The maximum Gasteiger partial charge on any atom is 0.0991 e. The molecule has 0 heterocycles. The van der Waals surface area contributed by atoms with Crippen LogP contribution in [0.2, 0.25) is 0 Å². The number of hydrogen-bond donors (Lipinski definition) is 1. The minimum Gasteiger partial charge on any atom is -0.384 e. The largest absolute Gasteiger partial charge is 0.384 e. The molecule has 3 heteroatoms. The first-order chi connectivity index (χ1) is 5.04. The van der Waals surface area contributed by atoms with Crippen LogP contribution in [0.4, 0.5) is 0 Å². The van der Waals surface area contributed by atoms with Crippen molar-refractivity contribution in [2.75, 3.05) is 6.54 Å². The van der Waals surface area contributed by atoms with Crippen LogP contribution in [0.25, 0.3) is 0 Å². The summed E-state index contributed by atoms with van der Waals surface area (Å²) < 4.78 is 0. The third-order valence-electron chi connectivity index (χ3n) is 1.91. The van der Waals surface area contributed by atoms with Gasteiger partial charge >= 0.3 is 0 Å². The summed E-state index contributed by atoms with van der Waals surface area (Å²) in [7, 11) is 0. The number of hydrogen-bond acceptors (Lipinski definition) is 2. The van der Waals surface area contributed by atoms with E-state index in [-0.39, 0.29) is 25.8 Å². The molecule has 0 saturated carbocycles. The van der Waals surface area contributed by atoms with Gasteiger partial charge in [0.1, 0.15) is 0 Å². The van der Waals surface area contributed by atoms with Gasteiger partial charge in [0.25, 0.3) is 0 Å². The molecule has 1 N–H and O–H groups in total. The van der Waals surface area contributed by atoms with Gasteiger partial charge in [-0.05, 0) is 27.2 Å². The zero-order valence-electron chi connectivity index (χ0n) is 8.59. The van der Waals surface area contributed by atoms with Crippen LogP contribution in [0.3, 0.4) is 0 Å². The standard InChI is InChI=1S/C9H19NO.Sc/c1-5-7-9(4,11)8(3)10-6-2;/h11H,5-7H2,1-4H3;. The molecule has 1 radical (unpaired) electrons. The van der Waals surface area contributed by atoms with Crippen molar-refractivity contribution in [3.63, 3.8) is 0 Å². The van der Waals surface area contributed by atoms with E-state index in [2.05, 4.69) is 11.9 Å². The summed E-state index contributed by atoms with van der Waals surface area (Å²) in [4.78, 5) is 4.18. The van der Waals surface area contributed by atoms with Crippen LogP contribution < -0.4 is 0 Å². The number of rotatable bonds is 4. The summed E-state index contributed by atoms with van der Waals surface area (Å²) in [6.07, 6.45) is 1.78. The van der Waals surface area contributed by atoms with Crippen LogP contribution in [0.15, 0.2) is 4.99 Å². The zero-order chi connectivity index (χ0) is 8.91. The Hall–Kier alpha value is 0.500. The molecule has 2 nitrogen and oxygen atoms in total. The first-order valence-corrected chi connectivity index (χ1v) is 4.28. The van der Waals surface area contributed by atoms with Crippen molar-refractivity contribution in [1.29, 1.82) is 0 Å². The van der Waals surface area contributed by atoms with Crippen molar-refractivity contribution < 1.29 is 30.9 Å². The monoisotopic (exact) mass is 202 g/mol. The Labute approximate surface area is 94.3 Å². The van der Waals surface area contributed by atoms with Crippen LogP contribution in [0, 0.1) is 0 Å². The summed E-state index contributed by atoms with van der Waals surface area (Å²) >= 11 is 0. The molecule has 0 fully saturated rings. The second kappa shape index (κ2) is 6.96. The molecular weight excluding hydrogens is 183 g/mol. The molecule has 0 aliphatic rings. The fourth-order valence-electron chi connectivity index (χ4n) is 1.08. The van der Waals surface area contributed by atoms with Gasteiger partial charge in [0.15, 0.2) is 0 Å². The van der Waals surface area contributed by atoms with Crippen molar-refractivity contribution in [2.45, 2.75) is 46.1 Å². The number of aliphatic hydroxyl groups is 1. The Morgan fingerprint density at radius 2 is 1.92 bits per heavy atom. The van der Waals surface area contributed by atoms with Crippen LogP contribution in [-0.4, -0.2) is 23.0 Å². The first-order valence-electron chi connectivity index (χ1n) is 4.28. The molecule has 0 aromatic carbocycles. The molecular formula is C9H19NOSc. The van der Waals surface area contributed by atoms with Crippen molar-refractivity contribution in [3.05, 3.63) is 0 Å². The average molecular weight is 202 g/mol. The summed E-state index contributed by atoms with van der Waals surface area (Å²) in [5.74, 6) is 0. The maximum absolute atomic E-state index is 9.78. The zero-order valence-corrected chi connectivity index (χ0v) is 10.4. The van der Waals surface area contributed by atoms with E-state index in [0.29, 0.717) is 0 Å². The van der Waals surface area contributed by atoms with Crippen LogP contribution in [0.5, 0.6) is 0 Å². The Morgan fingerprint density at radius 1 is 1.42 bits per heavy atom. The molecule has 0 bridgehead atoms. The molecule has 0 aliphatic carbocycles. The second-order valence-corrected chi connectivity index (χ2v) is 3.08. The Balaban J connectivity index is 0. The second-order valence-electron chi connectivity index (χ2n) is 3.08. The summed E-state index contributed by atoms with van der Waals surface area (Å²) in [6.45, 7) is 8.51. The molecule has 0 aromatic heterocycles. The van der Waals surface area contributed by atoms with Gasteiger partial charge in [0.2, 0.25) is 0 Å². The fraction of sp³-hybridized carbons (Fsp3) is 0.889. The van der Waals surface area contributed by atoms with Crippen molar-refractivity contribution in [2.24, 2.45) is 4.99 Å². The summed E-state index contributed by atoms with van der Waals surface area (Å²) in [6, 6.07) is 0. The van der Waals surface area contributed by atoms with Gasteiger partial charge in [-0.2, -0.15) is 0 Å². The molecule has 0 saturated heterocycles. The van der Waals surface area contributed by atoms with Crippen molar-refractivity contribution in [3.8, 4) is 0 Å². The molecule has 0 aliphatic heterocycles. The van der Waals surface area contributed by atoms with E-state index in [1.54, 1.807) is 0 Å². The minimum atomic E-state index is -0.690. The quantitative estimate of drug-likeness (QED) is 0.695. The topological polar surface area (TPSA) is 32.6 Å².